The van der Waals surface area contributed by atoms with Crippen LogP contribution >= 0.6 is 0 Å². The molecule has 0 aromatic heterocycles. The summed E-state index contributed by atoms with van der Waals surface area (Å²) in [6.45, 7) is 6.25. The monoisotopic (exact) mass is 284 g/mol. The van der Waals surface area contributed by atoms with Gasteiger partial charge in [0.05, 0.1) is 6.04 Å². The van der Waals surface area contributed by atoms with Gasteiger partial charge in [0.2, 0.25) is 5.91 Å². The van der Waals surface area contributed by atoms with Crippen LogP contribution in [0.15, 0.2) is 0 Å². The summed E-state index contributed by atoms with van der Waals surface area (Å²) in [4.78, 5) is 11.6. The molecule has 0 radical (unpaired) electrons. The summed E-state index contributed by atoms with van der Waals surface area (Å²) in [7, 11) is 0. The highest BCUT2D eigenvalue weighted by Gasteiger charge is 2.27. The molecule has 0 aromatic rings. The lowest BCUT2D eigenvalue weighted by Gasteiger charge is -2.30. The Hall–Kier alpha value is -0.610. The minimum atomic E-state index is -0.661. The second kappa shape index (κ2) is 8.63. The van der Waals surface area contributed by atoms with E-state index in [9.17, 15) is 9.90 Å². The van der Waals surface area contributed by atoms with E-state index >= 15 is 0 Å². The fourth-order valence-electron chi connectivity index (χ4n) is 3.06. The molecule has 4 heteroatoms. The summed E-state index contributed by atoms with van der Waals surface area (Å²) in [5.41, 5.74) is 5.50. The van der Waals surface area contributed by atoms with E-state index in [1.165, 1.54) is 32.1 Å². The van der Waals surface area contributed by atoms with Gasteiger partial charge in [-0.1, -0.05) is 59.3 Å². The first kappa shape index (κ1) is 17.4. The standard InChI is InChI=1S/C16H32N2O2/c1-4-11(2)12(3)16(20)18-14(15(17)19)10-13-8-6-5-7-9-13/h11-14,16,18,20H,4-10H2,1-3H3,(H2,17,19). The van der Waals surface area contributed by atoms with Gasteiger partial charge in [0.1, 0.15) is 6.23 Å². The molecule has 1 fully saturated rings. The van der Waals surface area contributed by atoms with Crippen LogP contribution in [0.3, 0.4) is 0 Å². The smallest absolute Gasteiger partial charge is 0.234 e. The van der Waals surface area contributed by atoms with Crippen molar-refractivity contribution < 1.29 is 9.90 Å². The molecule has 1 rings (SSSR count). The second-order valence-electron chi connectivity index (χ2n) is 6.55. The number of rotatable bonds is 8. The Morgan fingerprint density at radius 1 is 1.30 bits per heavy atom. The van der Waals surface area contributed by atoms with Crippen LogP contribution in [0.4, 0.5) is 0 Å². The minimum Gasteiger partial charge on any atom is -0.378 e. The molecule has 0 bridgehead atoms. The molecule has 0 heterocycles. The summed E-state index contributed by atoms with van der Waals surface area (Å²) < 4.78 is 0. The highest BCUT2D eigenvalue weighted by atomic mass is 16.3. The van der Waals surface area contributed by atoms with E-state index in [1.807, 2.05) is 6.92 Å². The summed E-state index contributed by atoms with van der Waals surface area (Å²) >= 11 is 0. The molecule has 118 valence electrons. The number of hydrogen-bond acceptors (Lipinski definition) is 3. The van der Waals surface area contributed by atoms with Crippen molar-refractivity contribution in [2.24, 2.45) is 23.5 Å². The third kappa shape index (κ3) is 5.41. The van der Waals surface area contributed by atoms with Crippen molar-refractivity contribution >= 4 is 5.91 Å². The first-order chi connectivity index (χ1) is 9.45. The second-order valence-corrected chi connectivity index (χ2v) is 6.55. The van der Waals surface area contributed by atoms with E-state index in [2.05, 4.69) is 19.2 Å². The van der Waals surface area contributed by atoms with E-state index < -0.39 is 12.3 Å². The average Bonchev–Trinajstić information content (AvgIpc) is 2.45. The molecule has 1 aliphatic rings. The number of hydrogen-bond donors (Lipinski definition) is 3. The Bertz CT molecular complexity index is 290. The maximum Gasteiger partial charge on any atom is 0.234 e. The van der Waals surface area contributed by atoms with Crippen LogP contribution in [0.1, 0.15) is 65.7 Å². The van der Waals surface area contributed by atoms with Crippen LogP contribution in [0, 0.1) is 17.8 Å². The van der Waals surface area contributed by atoms with E-state index in [0.29, 0.717) is 11.8 Å². The highest BCUT2D eigenvalue weighted by Crippen LogP contribution is 2.27. The molecule has 1 amide bonds. The number of aliphatic hydroxyl groups excluding tert-OH is 1. The molecular weight excluding hydrogens is 252 g/mol. The number of primary amides is 1. The van der Waals surface area contributed by atoms with Gasteiger partial charge in [-0.15, -0.1) is 0 Å². The zero-order valence-corrected chi connectivity index (χ0v) is 13.3. The Kier molecular flexibility index (Phi) is 7.52. The van der Waals surface area contributed by atoms with Gasteiger partial charge in [0.25, 0.3) is 0 Å². The molecule has 20 heavy (non-hydrogen) atoms. The lowest BCUT2D eigenvalue weighted by Crippen LogP contribution is -2.50. The van der Waals surface area contributed by atoms with Crippen LogP contribution in [0.2, 0.25) is 0 Å². The van der Waals surface area contributed by atoms with Crippen molar-refractivity contribution in [1.29, 1.82) is 0 Å². The molecule has 4 unspecified atom stereocenters. The normalized spacial score (nSPS) is 23.0. The SMILES string of the molecule is CCC(C)C(C)C(O)NC(CC1CCCCC1)C(N)=O. The van der Waals surface area contributed by atoms with Crippen LogP contribution in [0.5, 0.6) is 0 Å². The minimum absolute atomic E-state index is 0.119. The predicted octanol–water partition coefficient (Wildman–Crippen LogP) is 2.40. The van der Waals surface area contributed by atoms with Crippen LogP contribution < -0.4 is 11.1 Å². The number of amides is 1. The molecular formula is C16H32N2O2. The molecule has 0 spiro atoms. The van der Waals surface area contributed by atoms with Gasteiger partial charge < -0.3 is 10.8 Å². The molecule has 1 saturated carbocycles. The van der Waals surface area contributed by atoms with Gasteiger partial charge in [-0.3, -0.25) is 10.1 Å². The lowest BCUT2D eigenvalue weighted by atomic mass is 9.84. The maximum absolute atomic E-state index is 11.6. The van der Waals surface area contributed by atoms with Gasteiger partial charge in [-0.25, -0.2) is 0 Å². The lowest BCUT2D eigenvalue weighted by molar-refractivity contribution is -0.122. The fraction of sp³-hybridized carbons (Fsp3) is 0.938. The van der Waals surface area contributed by atoms with E-state index in [0.717, 1.165) is 12.8 Å². The van der Waals surface area contributed by atoms with Crippen molar-refractivity contribution in [1.82, 2.24) is 5.32 Å². The van der Waals surface area contributed by atoms with Gasteiger partial charge in [-0.05, 0) is 24.2 Å². The van der Waals surface area contributed by atoms with Crippen LogP contribution in [-0.4, -0.2) is 23.3 Å². The average molecular weight is 284 g/mol. The summed E-state index contributed by atoms with van der Waals surface area (Å²) in [5.74, 6) is 0.764. The number of carbonyl (C=O) groups is 1. The largest absolute Gasteiger partial charge is 0.378 e. The van der Waals surface area contributed by atoms with Crippen molar-refractivity contribution in [2.45, 2.75) is 78.0 Å². The summed E-state index contributed by atoms with van der Waals surface area (Å²) in [5, 5.41) is 13.3. The molecule has 4 N–H and O–H groups in total. The predicted molar refractivity (Wildman–Crippen MR) is 81.9 cm³/mol. The molecule has 4 atom stereocenters. The zero-order chi connectivity index (χ0) is 15.1. The van der Waals surface area contributed by atoms with E-state index in [1.54, 1.807) is 0 Å². The molecule has 1 aliphatic carbocycles. The maximum atomic E-state index is 11.6. The first-order valence-electron chi connectivity index (χ1n) is 8.19. The third-order valence-electron chi connectivity index (χ3n) is 5.05. The number of aliphatic hydroxyl groups is 1. The molecule has 0 aromatic carbocycles. The van der Waals surface area contributed by atoms with Crippen LogP contribution in [-0.2, 0) is 4.79 Å². The fourth-order valence-corrected chi connectivity index (χ4v) is 3.06. The van der Waals surface area contributed by atoms with Crippen molar-refractivity contribution in [3.63, 3.8) is 0 Å². The van der Waals surface area contributed by atoms with Gasteiger partial charge in [0, 0.05) is 0 Å². The molecule has 0 saturated heterocycles. The van der Waals surface area contributed by atoms with Crippen molar-refractivity contribution in [3.05, 3.63) is 0 Å². The quantitative estimate of drug-likeness (QED) is 0.599. The topological polar surface area (TPSA) is 75.3 Å². The van der Waals surface area contributed by atoms with E-state index in [4.69, 9.17) is 5.73 Å². The Balaban J connectivity index is 2.51. The number of nitrogens with two attached hydrogens (primary N) is 1. The number of nitrogens with one attached hydrogen (secondary N) is 1. The Labute approximate surface area is 123 Å². The van der Waals surface area contributed by atoms with Crippen molar-refractivity contribution in [3.8, 4) is 0 Å². The Morgan fingerprint density at radius 2 is 1.90 bits per heavy atom. The third-order valence-corrected chi connectivity index (χ3v) is 5.05. The first-order valence-corrected chi connectivity index (χ1v) is 8.19. The van der Waals surface area contributed by atoms with Gasteiger partial charge in [0.15, 0.2) is 0 Å². The molecule has 4 nitrogen and oxygen atoms in total. The Morgan fingerprint density at radius 3 is 2.40 bits per heavy atom. The summed E-state index contributed by atoms with van der Waals surface area (Å²) in [6, 6.07) is -0.403. The van der Waals surface area contributed by atoms with Crippen molar-refractivity contribution in [2.75, 3.05) is 0 Å². The van der Waals surface area contributed by atoms with E-state index in [-0.39, 0.29) is 11.8 Å². The highest BCUT2D eigenvalue weighted by molar-refractivity contribution is 5.79. The zero-order valence-electron chi connectivity index (χ0n) is 13.3. The van der Waals surface area contributed by atoms with Gasteiger partial charge >= 0.3 is 0 Å². The van der Waals surface area contributed by atoms with Gasteiger partial charge in [-0.2, -0.15) is 0 Å². The number of carbonyl (C=O) groups excluding carboxylic acids is 1. The summed E-state index contributed by atoms with van der Waals surface area (Å²) in [6.07, 6.45) is 7.29. The van der Waals surface area contributed by atoms with Crippen LogP contribution in [0.25, 0.3) is 0 Å². The molecule has 0 aliphatic heterocycles.